The van der Waals surface area contributed by atoms with Gasteiger partial charge in [0.25, 0.3) is 17.7 Å². The predicted molar refractivity (Wildman–Crippen MR) is 89.3 cm³/mol. The van der Waals surface area contributed by atoms with Crippen molar-refractivity contribution in [2.45, 2.75) is 13.0 Å². The zero-order chi connectivity index (χ0) is 18.3. The van der Waals surface area contributed by atoms with Gasteiger partial charge in [0.15, 0.2) is 0 Å². The Kier molecular flexibility index (Phi) is 3.87. The van der Waals surface area contributed by atoms with E-state index in [0.29, 0.717) is 41.7 Å². The highest BCUT2D eigenvalue weighted by Gasteiger charge is 2.35. The molecule has 0 unspecified atom stereocenters. The second-order valence-corrected chi connectivity index (χ2v) is 6.20. The molecule has 2 aliphatic rings. The highest BCUT2D eigenvalue weighted by Crippen LogP contribution is 2.23. The molecule has 0 saturated carbocycles. The molecule has 0 radical (unpaired) electrons. The lowest BCUT2D eigenvalue weighted by atomic mass is 10.1. The Morgan fingerprint density at radius 1 is 1.12 bits per heavy atom. The second kappa shape index (κ2) is 6.21. The molecule has 8 heteroatoms. The van der Waals surface area contributed by atoms with Crippen molar-refractivity contribution in [3.05, 3.63) is 64.7 Å². The van der Waals surface area contributed by atoms with Gasteiger partial charge >= 0.3 is 0 Å². The molecule has 2 aromatic rings. The summed E-state index contributed by atoms with van der Waals surface area (Å²) < 4.78 is 14.9. The highest BCUT2D eigenvalue weighted by molar-refractivity contribution is 6.21. The monoisotopic (exact) mass is 354 g/mol. The fourth-order valence-corrected chi connectivity index (χ4v) is 3.22. The third-order valence-corrected chi connectivity index (χ3v) is 4.49. The number of halogens is 1. The van der Waals surface area contributed by atoms with E-state index in [1.807, 2.05) is 0 Å². The Morgan fingerprint density at radius 2 is 1.81 bits per heavy atom. The number of hydrogen-bond acceptors (Lipinski definition) is 4. The molecule has 0 atom stereocenters. The molecule has 1 N–H and O–H groups in total. The lowest BCUT2D eigenvalue weighted by Crippen LogP contribution is -2.32. The summed E-state index contributed by atoms with van der Waals surface area (Å²) in [5, 5.41) is 7.02. The van der Waals surface area contributed by atoms with Crippen LogP contribution in [0.3, 0.4) is 0 Å². The minimum Gasteiger partial charge on any atom is -0.352 e. The first-order valence-electron chi connectivity index (χ1n) is 8.16. The lowest BCUT2D eigenvalue weighted by Gasteiger charge is -2.15. The molecule has 3 amide bonds. The van der Waals surface area contributed by atoms with Gasteiger partial charge in [0.2, 0.25) is 0 Å². The van der Waals surface area contributed by atoms with Crippen molar-refractivity contribution in [2.75, 3.05) is 13.1 Å². The summed E-state index contributed by atoms with van der Waals surface area (Å²) in [6.45, 7) is 0.396. The van der Waals surface area contributed by atoms with Gasteiger partial charge in [0, 0.05) is 19.2 Å². The van der Waals surface area contributed by atoms with Gasteiger partial charge in [-0.2, -0.15) is 5.10 Å². The Labute approximate surface area is 148 Å². The number of hydrogen-bond donors (Lipinski definition) is 1. The van der Waals surface area contributed by atoms with Gasteiger partial charge in [0.05, 0.1) is 41.8 Å². The summed E-state index contributed by atoms with van der Waals surface area (Å²) in [7, 11) is 0. The molecule has 7 nitrogen and oxygen atoms in total. The minimum absolute atomic E-state index is 0.0458. The molecule has 0 aliphatic carbocycles. The third-order valence-electron chi connectivity index (χ3n) is 4.49. The number of nitrogens with one attached hydrogen (secondary N) is 1. The van der Waals surface area contributed by atoms with Crippen LogP contribution in [0.2, 0.25) is 0 Å². The molecule has 3 heterocycles. The average Bonchev–Trinajstić information content (AvgIpc) is 3.17. The summed E-state index contributed by atoms with van der Waals surface area (Å²) in [5.41, 5.74) is 1.98. The summed E-state index contributed by atoms with van der Waals surface area (Å²) in [6, 6.07) is 6.51. The lowest BCUT2D eigenvalue weighted by molar-refractivity contribution is 0.0665. The van der Waals surface area contributed by atoms with E-state index in [1.54, 1.807) is 30.5 Å². The van der Waals surface area contributed by atoms with E-state index in [4.69, 9.17) is 0 Å². The molecule has 1 aromatic heterocycles. The van der Waals surface area contributed by atoms with Crippen molar-refractivity contribution in [3.8, 4) is 0 Å². The van der Waals surface area contributed by atoms with Gasteiger partial charge in [-0.05, 0) is 17.7 Å². The summed E-state index contributed by atoms with van der Waals surface area (Å²) in [4.78, 5) is 37.6. The van der Waals surface area contributed by atoms with Gasteiger partial charge < -0.3 is 5.32 Å². The number of imide groups is 1. The van der Waals surface area contributed by atoms with Crippen LogP contribution in [0.1, 0.15) is 36.8 Å². The van der Waals surface area contributed by atoms with Crippen LogP contribution in [-0.2, 0) is 13.0 Å². The van der Waals surface area contributed by atoms with E-state index in [0.717, 1.165) is 4.90 Å². The van der Waals surface area contributed by atoms with Gasteiger partial charge in [-0.25, -0.2) is 4.39 Å². The number of fused-ring (bicyclic) bond motifs is 2. The number of amides is 3. The smallest absolute Gasteiger partial charge is 0.261 e. The van der Waals surface area contributed by atoms with Crippen molar-refractivity contribution in [1.82, 2.24) is 20.0 Å². The first kappa shape index (κ1) is 16.2. The summed E-state index contributed by atoms with van der Waals surface area (Å²) in [6.07, 6.45) is 2.54. The molecule has 26 heavy (non-hydrogen) atoms. The number of nitrogens with zero attached hydrogens (tertiary/aromatic N) is 3. The van der Waals surface area contributed by atoms with Gasteiger partial charge in [-0.3, -0.25) is 24.0 Å². The maximum absolute atomic E-state index is 13.4. The fraction of sp³-hybridized carbons (Fsp3) is 0.222. The minimum atomic E-state index is -0.441. The normalized spacial score (nSPS) is 16.6. The Hall–Kier alpha value is -3.29. The van der Waals surface area contributed by atoms with Crippen molar-refractivity contribution >= 4 is 17.7 Å². The van der Waals surface area contributed by atoms with Gasteiger partial charge in [-0.1, -0.05) is 12.1 Å². The molecule has 2 aliphatic heterocycles. The number of rotatable bonds is 4. The van der Waals surface area contributed by atoms with Crippen LogP contribution in [0.4, 0.5) is 4.39 Å². The standard InChI is InChI=1S/C18H15FN4O3/c19-7-11(8-22-10-14-15(21-22)5-6-20-16(14)24)9-23-17(25)12-3-1-2-4-13(12)18(23)26/h1-4,7,10H,5-6,8-9H2,(H,20,24). The van der Waals surface area contributed by atoms with E-state index in [-0.39, 0.29) is 24.6 Å². The van der Waals surface area contributed by atoms with Crippen molar-refractivity contribution in [1.29, 1.82) is 0 Å². The largest absolute Gasteiger partial charge is 0.352 e. The van der Waals surface area contributed by atoms with Crippen LogP contribution in [0.5, 0.6) is 0 Å². The van der Waals surface area contributed by atoms with Gasteiger partial charge in [0.1, 0.15) is 0 Å². The van der Waals surface area contributed by atoms with Crippen molar-refractivity contribution in [2.24, 2.45) is 0 Å². The number of carbonyl (C=O) groups excluding carboxylic acids is 3. The molecule has 0 saturated heterocycles. The van der Waals surface area contributed by atoms with Crippen LogP contribution in [0.15, 0.2) is 42.4 Å². The van der Waals surface area contributed by atoms with Crippen LogP contribution >= 0.6 is 0 Å². The first-order valence-corrected chi connectivity index (χ1v) is 8.16. The average molecular weight is 354 g/mol. The first-order chi connectivity index (χ1) is 12.6. The van der Waals surface area contributed by atoms with Crippen LogP contribution in [0, 0.1) is 0 Å². The Balaban J connectivity index is 1.52. The van der Waals surface area contributed by atoms with Crippen molar-refractivity contribution < 1.29 is 18.8 Å². The molecule has 132 valence electrons. The van der Waals surface area contributed by atoms with E-state index in [2.05, 4.69) is 10.4 Å². The molecular formula is C18H15FN4O3. The van der Waals surface area contributed by atoms with Crippen LogP contribution in [0.25, 0.3) is 0 Å². The number of benzene rings is 1. The topological polar surface area (TPSA) is 84.3 Å². The highest BCUT2D eigenvalue weighted by atomic mass is 19.1. The SMILES string of the molecule is O=C1NCCc2nn(CC(=CF)CN3C(=O)c4ccccc4C3=O)cc21. The van der Waals surface area contributed by atoms with Crippen LogP contribution in [-0.4, -0.2) is 45.5 Å². The van der Waals surface area contributed by atoms with E-state index >= 15 is 0 Å². The zero-order valence-electron chi connectivity index (χ0n) is 13.7. The van der Waals surface area contributed by atoms with Crippen molar-refractivity contribution in [3.63, 3.8) is 0 Å². The molecule has 0 fully saturated rings. The molecule has 0 spiro atoms. The van der Waals surface area contributed by atoms with Crippen LogP contribution < -0.4 is 5.32 Å². The van der Waals surface area contributed by atoms with Gasteiger partial charge in [-0.15, -0.1) is 0 Å². The molecule has 4 rings (SSSR count). The second-order valence-electron chi connectivity index (χ2n) is 6.20. The quantitative estimate of drug-likeness (QED) is 0.840. The summed E-state index contributed by atoms with van der Waals surface area (Å²) in [5.74, 6) is -1.09. The molecule has 1 aromatic carbocycles. The predicted octanol–water partition coefficient (Wildman–Crippen LogP) is 1.32. The fourth-order valence-electron chi connectivity index (χ4n) is 3.22. The van der Waals surface area contributed by atoms with E-state index < -0.39 is 11.8 Å². The Morgan fingerprint density at radius 3 is 2.42 bits per heavy atom. The molecular weight excluding hydrogens is 339 g/mol. The maximum Gasteiger partial charge on any atom is 0.261 e. The zero-order valence-corrected chi connectivity index (χ0v) is 13.7. The van der Waals surface area contributed by atoms with E-state index in [1.165, 1.54) is 4.68 Å². The number of carbonyl (C=O) groups is 3. The summed E-state index contributed by atoms with van der Waals surface area (Å²) >= 11 is 0. The third kappa shape index (κ3) is 2.59. The molecule has 0 bridgehead atoms. The maximum atomic E-state index is 13.4. The number of aromatic nitrogens is 2. The van der Waals surface area contributed by atoms with E-state index in [9.17, 15) is 18.8 Å². The Bertz CT molecular complexity index is 928.